The third-order valence-corrected chi connectivity index (χ3v) is 3.29. The van der Waals surface area contributed by atoms with Crippen LogP contribution in [0.4, 0.5) is 26.3 Å². The summed E-state index contributed by atoms with van der Waals surface area (Å²) in [6, 6.07) is 11.6. The molecule has 0 aliphatic carbocycles. The van der Waals surface area contributed by atoms with Gasteiger partial charge in [0.05, 0.1) is 11.4 Å². The van der Waals surface area contributed by atoms with Crippen LogP contribution < -0.4 is 0 Å². The molecule has 4 N–H and O–H groups in total. The van der Waals surface area contributed by atoms with Gasteiger partial charge in [0, 0.05) is 12.4 Å². The summed E-state index contributed by atoms with van der Waals surface area (Å²) in [5, 5.41) is 0. The second-order valence-electron chi connectivity index (χ2n) is 4.23. The molecular weight excluding hydrogens is 585 g/mol. The minimum atomic E-state index is -6.09. The van der Waals surface area contributed by atoms with Crippen molar-refractivity contribution in [2.45, 2.75) is 11.0 Å². The summed E-state index contributed by atoms with van der Waals surface area (Å²) in [6.07, 6.45) is 3.54. The zero-order valence-corrected chi connectivity index (χ0v) is 17.6. The number of pyridine rings is 2. The summed E-state index contributed by atoms with van der Waals surface area (Å²) >= 11 is 0. The Kier molecular flexibility index (Phi) is 17.0. The number of nitrogens with zero attached hydrogens (tertiary/aromatic N) is 2. The van der Waals surface area contributed by atoms with Crippen molar-refractivity contribution < 1.29 is 83.7 Å². The molecule has 182 valence electrons. The van der Waals surface area contributed by atoms with E-state index in [4.69, 9.17) is 25.9 Å². The normalized spacial score (nSPS) is 11.0. The quantitative estimate of drug-likeness (QED) is 0.197. The van der Waals surface area contributed by atoms with Gasteiger partial charge in [0.2, 0.25) is 0 Å². The number of rotatable bonds is 1. The van der Waals surface area contributed by atoms with Crippen LogP contribution in [-0.2, 0) is 40.7 Å². The zero-order chi connectivity index (χ0) is 22.2. The molecule has 0 aliphatic heterocycles. The average Bonchev–Trinajstić information content (AvgIpc) is 2.54. The van der Waals surface area contributed by atoms with Crippen LogP contribution >= 0.6 is 0 Å². The molecule has 2 aromatic rings. The van der Waals surface area contributed by atoms with Crippen LogP contribution in [0.15, 0.2) is 48.8 Å². The fraction of sp³-hybridized carbons (Fsp3) is 0.167. The maximum absolute atomic E-state index is 10.7. The predicted molar refractivity (Wildman–Crippen MR) is 86.2 cm³/mol. The Morgan fingerprint density at radius 2 is 0.871 bits per heavy atom. The van der Waals surface area contributed by atoms with Gasteiger partial charge in [-0.3, -0.25) is 9.97 Å². The van der Waals surface area contributed by atoms with Gasteiger partial charge < -0.3 is 20.1 Å². The van der Waals surface area contributed by atoms with Crippen LogP contribution in [0.3, 0.4) is 0 Å². The number of aromatic nitrogens is 2. The number of alkyl halides is 6. The summed E-state index contributed by atoms with van der Waals surface area (Å²) in [7, 11) is -12.2. The Balaban J connectivity index is -0.000000175. The zero-order valence-electron chi connectivity index (χ0n) is 14.4. The van der Waals surface area contributed by atoms with E-state index in [-0.39, 0.29) is 31.4 Å². The van der Waals surface area contributed by atoms with Gasteiger partial charge in [0.1, 0.15) is 0 Å². The minimum absolute atomic E-state index is 0. The molecule has 2 rings (SSSR count). The summed E-state index contributed by atoms with van der Waals surface area (Å²) in [5.41, 5.74) is -9.46. The van der Waals surface area contributed by atoms with E-state index in [1.54, 1.807) is 12.4 Å². The first-order valence-electron chi connectivity index (χ1n) is 6.33. The van der Waals surface area contributed by atoms with E-state index < -0.39 is 31.3 Å². The molecule has 0 fully saturated rings. The van der Waals surface area contributed by atoms with Gasteiger partial charge in [-0.1, -0.05) is 12.1 Å². The van der Waals surface area contributed by atoms with Crippen molar-refractivity contribution >= 4 is 20.2 Å². The molecule has 0 aliphatic rings. The van der Waals surface area contributed by atoms with Gasteiger partial charge in [-0.25, -0.2) is 16.8 Å². The van der Waals surface area contributed by atoms with Gasteiger partial charge in [0.25, 0.3) is 0 Å². The molecule has 0 aromatic carbocycles. The minimum Gasteiger partial charge on any atom is -0.741 e. The molecule has 31 heavy (non-hydrogen) atoms. The van der Waals surface area contributed by atoms with Crippen LogP contribution in [0.5, 0.6) is 0 Å². The number of halogens is 6. The first-order chi connectivity index (χ1) is 12.5. The van der Waals surface area contributed by atoms with Crippen LogP contribution in [-0.4, -0.2) is 57.9 Å². The van der Waals surface area contributed by atoms with Gasteiger partial charge in [-0.05, 0) is 24.3 Å². The van der Waals surface area contributed by atoms with E-state index in [1.807, 2.05) is 36.4 Å². The Morgan fingerprint density at radius 3 is 1.00 bits per heavy atom. The Morgan fingerprint density at radius 1 is 0.645 bits per heavy atom. The Bertz CT molecular complexity index is 863. The maximum Gasteiger partial charge on any atom is 2.00 e. The molecule has 0 saturated carbocycles. The van der Waals surface area contributed by atoms with Crippen molar-refractivity contribution in [2.24, 2.45) is 0 Å². The van der Waals surface area contributed by atoms with E-state index in [0.29, 0.717) is 0 Å². The average molecular weight is 597 g/mol. The molecule has 0 bridgehead atoms. The van der Waals surface area contributed by atoms with Crippen LogP contribution in [0.25, 0.3) is 11.4 Å². The van der Waals surface area contributed by atoms with Crippen LogP contribution in [0.1, 0.15) is 0 Å². The van der Waals surface area contributed by atoms with Crippen molar-refractivity contribution in [1.29, 1.82) is 0 Å². The summed E-state index contributed by atoms with van der Waals surface area (Å²) < 4.78 is 118. The maximum atomic E-state index is 10.7. The van der Waals surface area contributed by atoms with Crippen LogP contribution in [0.2, 0.25) is 0 Å². The third kappa shape index (κ3) is 14.8. The predicted octanol–water partition coefficient (Wildman–Crippen LogP) is 0.594. The number of hydrogen-bond donors (Lipinski definition) is 0. The Hall–Kier alpha value is -1.72. The topological polar surface area (TPSA) is 203 Å². The molecule has 19 heteroatoms. The van der Waals surface area contributed by atoms with Gasteiger partial charge in [-0.2, -0.15) is 26.3 Å². The largest absolute Gasteiger partial charge is 2.00 e. The summed E-state index contributed by atoms with van der Waals surface area (Å²) in [6.45, 7) is 0. The monoisotopic (exact) mass is 596 g/mol. The van der Waals surface area contributed by atoms with Crippen molar-refractivity contribution in [3.05, 3.63) is 48.8 Å². The molecule has 0 radical (unpaired) electrons. The van der Waals surface area contributed by atoms with Gasteiger partial charge in [-0.15, -0.1) is 0 Å². The van der Waals surface area contributed by atoms with Crippen molar-refractivity contribution in [3.8, 4) is 11.4 Å². The van der Waals surface area contributed by atoms with Gasteiger partial charge >= 0.3 is 31.4 Å². The molecule has 0 unspecified atom stereocenters. The third-order valence-electron chi connectivity index (χ3n) is 2.16. The number of hydrogen-bond acceptors (Lipinski definition) is 8. The standard InChI is InChI=1S/C10H8N2.2CHF3O3S.2H2O.Pd/c1-3-7-11-9(5-1)10-6-2-4-8-12-10;2*2-1(3,4)8(5,6)7;;;/h1-8H;2*(H,5,6,7);2*1H2;/q;;;;;+2/p-2. The molecule has 2 aromatic heterocycles. The first kappa shape index (κ1) is 36.6. The van der Waals surface area contributed by atoms with E-state index >= 15 is 0 Å². The molecule has 0 atom stereocenters. The van der Waals surface area contributed by atoms with E-state index in [9.17, 15) is 26.3 Å². The smallest absolute Gasteiger partial charge is 0.741 e. The van der Waals surface area contributed by atoms with Crippen molar-refractivity contribution in [2.75, 3.05) is 0 Å². The second-order valence-corrected chi connectivity index (χ2v) is 6.97. The van der Waals surface area contributed by atoms with E-state index in [2.05, 4.69) is 9.97 Å². The molecule has 2 heterocycles. The summed E-state index contributed by atoms with van der Waals surface area (Å²) in [5.74, 6) is 0. The molecule has 0 spiro atoms. The van der Waals surface area contributed by atoms with E-state index in [0.717, 1.165) is 11.4 Å². The van der Waals surface area contributed by atoms with Crippen molar-refractivity contribution in [3.63, 3.8) is 0 Å². The molecule has 0 saturated heterocycles. The summed E-state index contributed by atoms with van der Waals surface area (Å²) in [4.78, 5) is 8.37. The van der Waals surface area contributed by atoms with E-state index in [1.165, 1.54) is 0 Å². The van der Waals surface area contributed by atoms with Gasteiger partial charge in [0.15, 0.2) is 20.2 Å². The second kappa shape index (κ2) is 14.4. The van der Waals surface area contributed by atoms with Crippen molar-refractivity contribution in [1.82, 2.24) is 9.97 Å². The molecular formula is C12H12F6N2O8PdS2. The Labute approximate surface area is 185 Å². The fourth-order valence-electron chi connectivity index (χ4n) is 1.03. The molecule has 0 amide bonds. The SMILES string of the molecule is O.O.O=S(=O)([O-])C(F)(F)F.O=S(=O)([O-])C(F)(F)F.[Pd+2].c1ccc(-c2ccccn2)nc1. The van der Waals surface area contributed by atoms with Crippen LogP contribution in [0, 0.1) is 0 Å². The first-order valence-corrected chi connectivity index (χ1v) is 9.15. The fourth-order valence-corrected chi connectivity index (χ4v) is 1.03. The molecule has 10 nitrogen and oxygen atoms in total.